The molecule has 0 saturated heterocycles. The van der Waals surface area contributed by atoms with Crippen LogP contribution < -0.4 is 0 Å². The van der Waals surface area contributed by atoms with E-state index in [4.69, 9.17) is 0 Å². The molecule has 0 unspecified atom stereocenters. The van der Waals surface area contributed by atoms with Crippen molar-refractivity contribution in [2.24, 2.45) is 0 Å². The van der Waals surface area contributed by atoms with Gasteiger partial charge in [-0.1, -0.05) is 71.8 Å². The van der Waals surface area contributed by atoms with Crippen LogP contribution in [0.5, 0.6) is 0 Å². The summed E-state index contributed by atoms with van der Waals surface area (Å²) in [7, 11) is 0. The zero-order chi connectivity index (χ0) is 16.6. The lowest BCUT2D eigenvalue weighted by atomic mass is 10.0. The molecule has 0 bridgehead atoms. The number of hydrogen-bond donors (Lipinski definition) is 0. The monoisotopic (exact) mass is 447 g/mol. The number of alkyl halides is 1. The molecule has 1 aromatic heterocycles. The highest BCUT2D eigenvalue weighted by molar-refractivity contribution is 14.1. The maximum absolute atomic E-state index is 4.53. The van der Waals surface area contributed by atoms with E-state index < -0.39 is 0 Å². The lowest BCUT2D eigenvalue weighted by molar-refractivity contribution is 0.715. The van der Waals surface area contributed by atoms with Crippen molar-refractivity contribution < 1.29 is 0 Å². The highest BCUT2D eigenvalue weighted by atomic mass is 127. The van der Waals surface area contributed by atoms with Gasteiger partial charge in [0.2, 0.25) is 0 Å². The van der Waals surface area contributed by atoms with Gasteiger partial charge in [-0.05, 0) is 52.3 Å². The van der Waals surface area contributed by atoms with Gasteiger partial charge in [0, 0.05) is 16.5 Å². The van der Waals surface area contributed by atoms with E-state index in [9.17, 15) is 0 Å². The lowest BCUT2D eigenvalue weighted by Gasteiger charge is -2.08. The quantitative estimate of drug-likeness (QED) is 0.160. The van der Waals surface area contributed by atoms with Crippen LogP contribution in [0.15, 0.2) is 65.7 Å². The molecule has 2 aromatic carbocycles. The Labute approximate surface area is 162 Å². The molecule has 0 atom stereocenters. The minimum Gasteiger partial charge on any atom is -0.256 e. The van der Waals surface area contributed by atoms with E-state index in [-0.39, 0.29) is 0 Å². The lowest BCUT2D eigenvalue weighted by Crippen LogP contribution is -1.87. The first-order chi connectivity index (χ1) is 11.9. The average molecular weight is 447 g/mol. The molecule has 1 nitrogen and oxygen atoms in total. The number of unbranched alkanes of at least 4 members (excludes halogenated alkanes) is 3. The van der Waals surface area contributed by atoms with Crippen LogP contribution in [-0.4, -0.2) is 15.2 Å². The minimum absolute atomic E-state index is 1.09. The SMILES string of the molecule is ICCCCCCSc1ccnc2ccc(-c3ccccc3)cc12. The number of halogens is 1. The molecule has 1 heterocycles. The van der Waals surface area contributed by atoms with Crippen molar-refractivity contribution in [1.29, 1.82) is 0 Å². The maximum atomic E-state index is 4.53. The van der Waals surface area contributed by atoms with Gasteiger partial charge in [0.15, 0.2) is 0 Å². The molecule has 0 radical (unpaired) electrons. The Morgan fingerprint density at radius 3 is 2.50 bits per heavy atom. The summed E-state index contributed by atoms with van der Waals surface area (Å²) in [5.41, 5.74) is 3.61. The van der Waals surface area contributed by atoms with Crippen LogP contribution in [0, 0.1) is 0 Å². The van der Waals surface area contributed by atoms with Crippen LogP contribution in [0.2, 0.25) is 0 Å². The second kappa shape index (κ2) is 9.42. The number of fused-ring (bicyclic) bond motifs is 1. The summed E-state index contributed by atoms with van der Waals surface area (Å²) in [6.45, 7) is 0. The van der Waals surface area contributed by atoms with Crippen molar-refractivity contribution in [3.63, 3.8) is 0 Å². The maximum Gasteiger partial charge on any atom is 0.0713 e. The third-order valence-corrected chi connectivity index (χ3v) is 6.02. The molecule has 0 aliphatic rings. The molecule has 0 spiro atoms. The highest BCUT2D eigenvalue weighted by Gasteiger charge is 2.05. The molecule has 0 aliphatic heterocycles. The molecule has 3 rings (SSSR count). The largest absolute Gasteiger partial charge is 0.256 e. The summed E-state index contributed by atoms with van der Waals surface area (Å²) >= 11 is 4.43. The van der Waals surface area contributed by atoms with E-state index in [2.05, 4.69) is 82.2 Å². The third kappa shape index (κ3) is 4.73. The third-order valence-electron chi connectivity index (χ3n) is 4.09. The number of aromatic nitrogens is 1. The molecule has 0 amide bonds. The first kappa shape index (κ1) is 17.7. The fourth-order valence-corrected chi connectivity index (χ4v) is 4.37. The zero-order valence-corrected chi connectivity index (χ0v) is 16.7. The van der Waals surface area contributed by atoms with Gasteiger partial charge < -0.3 is 0 Å². The Morgan fingerprint density at radius 2 is 1.67 bits per heavy atom. The van der Waals surface area contributed by atoms with Gasteiger partial charge in [-0.15, -0.1) is 11.8 Å². The van der Waals surface area contributed by atoms with E-state index in [1.807, 2.05) is 18.0 Å². The summed E-state index contributed by atoms with van der Waals surface area (Å²) in [4.78, 5) is 5.88. The Bertz CT molecular complexity index is 773. The van der Waals surface area contributed by atoms with E-state index in [0.717, 1.165) is 5.52 Å². The van der Waals surface area contributed by atoms with Crippen molar-refractivity contribution in [2.45, 2.75) is 30.6 Å². The van der Waals surface area contributed by atoms with Crippen LogP contribution in [0.25, 0.3) is 22.0 Å². The summed E-state index contributed by atoms with van der Waals surface area (Å²) in [5.74, 6) is 1.19. The summed E-state index contributed by atoms with van der Waals surface area (Å²) < 4.78 is 1.28. The van der Waals surface area contributed by atoms with Crippen molar-refractivity contribution in [1.82, 2.24) is 4.98 Å². The first-order valence-electron chi connectivity index (χ1n) is 8.51. The summed E-state index contributed by atoms with van der Waals surface area (Å²) in [6.07, 6.45) is 7.28. The van der Waals surface area contributed by atoms with E-state index in [0.29, 0.717) is 0 Å². The van der Waals surface area contributed by atoms with Crippen LogP contribution >= 0.6 is 34.4 Å². The number of pyridine rings is 1. The fourth-order valence-electron chi connectivity index (χ4n) is 2.79. The Hall–Kier alpha value is -1.07. The molecule has 0 saturated carbocycles. The van der Waals surface area contributed by atoms with E-state index in [1.54, 1.807) is 0 Å². The van der Waals surface area contributed by atoms with Crippen LogP contribution in [-0.2, 0) is 0 Å². The van der Waals surface area contributed by atoms with Gasteiger partial charge in [-0.3, -0.25) is 4.98 Å². The Kier molecular flexibility index (Phi) is 6.97. The predicted molar refractivity (Wildman–Crippen MR) is 115 cm³/mol. The van der Waals surface area contributed by atoms with Gasteiger partial charge in [0.1, 0.15) is 0 Å². The fraction of sp³-hybridized carbons (Fsp3) is 0.286. The Balaban J connectivity index is 1.75. The van der Waals surface area contributed by atoms with Gasteiger partial charge in [-0.2, -0.15) is 0 Å². The number of thioether (sulfide) groups is 1. The molecule has 0 N–H and O–H groups in total. The number of hydrogen-bond acceptors (Lipinski definition) is 2. The molecular formula is C21H22INS. The van der Waals surface area contributed by atoms with Crippen molar-refractivity contribution >= 4 is 45.3 Å². The second-order valence-electron chi connectivity index (χ2n) is 5.86. The first-order valence-corrected chi connectivity index (χ1v) is 11.0. The molecular weight excluding hydrogens is 425 g/mol. The molecule has 0 aliphatic carbocycles. The van der Waals surface area contributed by atoms with Crippen LogP contribution in [0.4, 0.5) is 0 Å². The van der Waals surface area contributed by atoms with Gasteiger partial charge >= 0.3 is 0 Å². The Morgan fingerprint density at radius 1 is 0.833 bits per heavy atom. The molecule has 24 heavy (non-hydrogen) atoms. The minimum atomic E-state index is 1.09. The van der Waals surface area contributed by atoms with E-state index >= 15 is 0 Å². The van der Waals surface area contributed by atoms with Crippen LogP contribution in [0.3, 0.4) is 0 Å². The summed E-state index contributed by atoms with van der Waals surface area (Å²) in [5, 5.41) is 1.27. The smallest absolute Gasteiger partial charge is 0.0713 e. The van der Waals surface area contributed by atoms with Gasteiger partial charge in [-0.25, -0.2) is 0 Å². The predicted octanol–water partition coefficient (Wildman–Crippen LogP) is 6.99. The topological polar surface area (TPSA) is 12.9 Å². The standard InChI is InChI=1S/C21H22INS/c22-13-6-1-2-7-15-24-21-12-14-23-20-11-10-18(16-19(20)21)17-8-4-3-5-9-17/h3-5,8-12,14,16H,1-2,6-7,13,15H2. The van der Waals surface area contributed by atoms with E-state index in [1.165, 1.54) is 57.3 Å². The number of nitrogens with zero attached hydrogens (tertiary/aromatic N) is 1. The molecule has 0 fully saturated rings. The number of benzene rings is 2. The molecule has 3 aromatic rings. The van der Waals surface area contributed by atoms with Gasteiger partial charge in [0.25, 0.3) is 0 Å². The molecule has 3 heteroatoms. The highest BCUT2D eigenvalue weighted by Crippen LogP contribution is 2.31. The van der Waals surface area contributed by atoms with Gasteiger partial charge in [0.05, 0.1) is 5.52 Å². The average Bonchev–Trinajstić information content (AvgIpc) is 2.65. The van der Waals surface area contributed by atoms with Crippen molar-refractivity contribution in [2.75, 3.05) is 10.2 Å². The van der Waals surface area contributed by atoms with Crippen molar-refractivity contribution in [3.05, 3.63) is 60.8 Å². The summed E-state index contributed by atoms with van der Waals surface area (Å²) in [6, 6.07) is 19.3. The van der Waals surface area contributed by atoms with Crippen molar-refractivity contribution in [3.8, 4) is 11.1 Å². The van der Waals surface area contributed by atoms with Crippen LogP contribution in [0.1, 0.15) is 25.7 Å². The number of rotatable bonds is 8. The molecule has 124 valence electrons. The normalized spacial score (nSPS) is 11.0. The second-order valence-corrected chi connectivity index (χ2v) is 8.07. The zero-order valence-electron chi connectivity index (χ0n) is 13.7.